The van der Waals surface area contributed by atoms with Crippen molar-refractivity contribution >= 4 is 0 Å². The molecule has 0 aromatic rings. The van der Waals surface area contributed by atoms with Crippen molar-refractivity contribution in [2.24, 2.45) is 0 Å². The molecule has 0 radical (unpaired) electrons. The fourth-order valence-corrected chi connectivity index (χ4v) is 1.00. The van der Waals surface area contributed by atoms with E-state index >= 15 is 0 Å². The standard InChI is InChI=1S/C12H22O/c1-5-6-7-8-9-10-11(2)12(3,4)13/h5,10,13H,1,6-9H2,2-4H3/b11-10+. The molecule has 0 unspecified atom stereocenters. The van der Waals surface area contributed by atoms with Crippen molar-refractivity contribution in [1.29, 1.82) is 0 Å². The lowest BCUT2D eigenvalue weighted by molar-refractivity contribution is 0.119. The molecule has 0 aliphatic carbocycles. The zero-order valence-electron chi connectivity index (χ0n) is 9.14. The summed E-state index contributed by atoms with van der Waals surface area (Å²) >= 11 is 0. The number of allylic oxidation sites excluding steroid dienone is 2. The zero-order chi connectivity index (χ0) is 10.3. The fraction of sp³-hybridized carbons (Fsp3) is 0.667. The van der Waals surface area contributed by atoms with Crippen LogP contribution >= 0.6 is 0 Å². The van der Waals surface area contributed by atoms with E-state index in [2.05, 4.69) is 12.7 Å². The van der Waals surface area contributed by atoms with Crippen LogP contribution in [-0.2, 0) is 0 Å². The quantitative estimate of drug-likeness (QED) is 0.493. The lowest BCUT2D eigenvalue weighted by atomic mass is 9.98. The highest BCUT2D eigenvalue weighted by Crippen LogP contribution is 2.15. The Labute approximate surface area is 82.2 Å². The summed E-state index contributed by atoms with van der Waals surface area (Å²) in [6.07, 6.45) is 8.60. The van der Waals surface area contributed by atoms with Crippen molar-refractivity contribution in [3.63, 3.8) is 0 Å². The van der Waals surface area contributed by atoms with Gasteiger partial charge in [-0.1, -0.05) is 12.2 Å². The van der Waals surface area contributed by atoms with Gasteiger partial charge in [0.15, 0.2) is 0 Å². The molecule has 0 rings (SSSR count). The van der Waals surface area contributed by atoms with Crippen molar-refractivity contribution in [3.8, 4) is 0 Å². The molecule has 0 aromatic carbocycles. The number of rotatable bonds is 6. The van der Waals surface area contributed by atoms with Gasteiger partial charge in [0.1, 0.15) is 0 Å². The summed E-state index contributed by atoms with van der Waals surface area (Å²) in [6, 6.07) is 0. The van der Waals surface area contributed by atoms with Gasteiger partial charge in [-0.25, -0.2) is 0 Å². The van der Waals surface area contributed by atoms with Crippen LogP contribution in [0.25, 0.3) is 0 Å². The highest BCUT2D eigenvalue weighted by molar-refractivity contribution is 5.10. The van der Waals surface area contributed by atoms with Gasteiger partial charge in [0.05, 0.1) is 5.60 Å². The molecule has 0 aliphatic heterocycles. The topological polar surface area (TPSA) is 20.2 Å². The first-order valence-corrected chi connectivity index (χ1v) is 4.99. The number of aliphatic hydroxyl groups is 1. The molecule has 0 aromatic heterocycles. The molecule has 13 heavy (non-hydrogen) atoms. The maximum Gasteiger partial charge on any atom is 0.0798 e. The van der Waals surface area contributed by atoms with E-state index in [9.17, 15) is 5.11 Å². The SMILES string of the molecule is C=CCCCC/C=C(\C)C(C)(C)O. The molecule has 0 spiro atoms. The minimum absolute atomic E-state index is 0.654. The van der Waals surface area contributed by atoms with E-state index in [0.717, 1.165) is 18.4 Å². The van der Waals surface area contributed by atoms with Crippen molar-refractivity contribution < 1.29 is 5.11 Å². The number of hydrogen-bond donors (Lipinski definition) is 1. The van der Waals surface area contributed by atoms with Gasteiger partial charge < -0.3 is 5.11 Å². The minimum atomic E-state index is -0.654. The Morgan fingerprint density at radius 2 is 1.85 bits per heavy atom. The van der Waals surface area contributed by atoms with Crippen molar-refractivity contribution in [2.45, 2.75) is 52.1 Å². The first-order chi connectivity index (χ1) is 5.98. The van der Waals surface area contributed by atoms with Gasteiger partial charge in [0, 0.05) is 0 Å². The van der Waals surface area contributed by atoms with Crippen molar-refractivity contribution in [1.82, 2.24) is 0 Å². The molecule has 0 bridgehead atoms. The molecular formula is C12H22O. The Hall–Kier alpha value is -0.560. The third-order valence-corrected chi connectivity index (χ3v) is 2.28. The van der Waals surface area contributed by atoms with Gasteiger partial charge in [-0.3, -0.25) is 0 Å². The smallest absolute Gasteiger partial charge is 0.0798 e. The third-order valence-electron chi connectivity index (χ3n) is 2.28. The highest BCUT2D eigenvalue weighted by atomic mass is 16.3. The largest absolute Gasteiger partial charge is 0.386 e. The predicted molar refractivity (Wildman–Crippen MR) is 58.7 cm³/mol. The van der Waals surface area contributed by atoms with Crippen LogP contribution in [0.5, 0.6) is 0 Å². The lowest BCUT2D eigenvalue weighted by Gasteiger charge is -2.18. The molecule has 1 nitrogen and oxygen atoms in total. The van der Waals surface area contributed by atoms with Crippen LogP contribution in [0.4, 0.5) is 0 Å². The van der Waals surface area contributed by atoms with Crippen LogP contribution in [0.15, 0.2) is 24.3 Å². The predicted octanol–water partition coefficient (Wildman–Crippen LogP) is 3.45. The minimum Gasteiger partial charge on any atom is -0.386 e. The summed E-state index contributed by atoms with van der Waals surface area (Å²) in [6.45, 7) is 9.30. The fourth-order valence-electron chi connectivity index (χ4n) is 1.00. The van der Waals surface area contributed by atoms with Crippen LogP contribution in [0.1, 0.15) is 46.5 Å². The van der Waals surface area contributed by atoms with E-state index in [4.69, 9.17) is 0 Å². The van der Waals surface area contributed by atoms with Gasteiger partial charge in [0.2, 0.25) is 0 Å². The summed E-state index contributed by atoms with van der Waals surface area (Å²) in [4.78, 5) is 0. The second-order valence-electron chi connectivity index (χ2n) is 4.02. The molecular weight excluding hydrogens is 160 g/mol. The molecule has 0 amide bonds. The highest BCUT2D eigenvalue weighted by Gasteiger charge is 2.13. The van der Waals surface area contributed by atoms with Crippen molar-refractivity contribution in [3.05, 3.63) is 24.3 Å². The molecule has 0 fully saturated rings. The molecule has 0 atom stereocenters. The average molecular weight is 182 g/mol. The summed E-state index contributed by atoms with van der Waals surface area (Å²) in [5.41, 5.74) is 0.407. The van der Waals surface area contributed by atoms with Gasteiger partial charge in [-0.05, 0) is 52.0 Å². The first kappa shape index (κ1) is 12.4. The average Bonchev–Trinajstić information content (AvgIpc) is 2.02. The van der Waals surface area contributed by atoms with Crippen molar-refractivity contribution in [2.75, 3.05) is 0 Å². The lowest BCUT2D eigenvalue weighted by Crippen LogP contribution is -2.19. The second-order valence-corrected chi connectivity index (χ2v) is 4.02. The Kier molecular flexibility index (Phi) is 5.72. The molecule has 0 saturated carbocycles. The first-order valence-electron chi connectivity index (χ1n) is 4.99. The maximum absolute atomic E-state index is 9.60. The van der Waals surface area contributed by atoms with Gasteiger partial charge >= 0.3 is 0 Å². The molecule has 1 heteroatoms. The van der Waals surface area contributed by atoms with E-state index in [-0.39, 0.29) is 0 Å². The van der Waals surface area contributed by atoms with Crippen LogP contribution in [0, 0.1) is 0 Å². The molecule has 0 saturated heterocycles. The van der Waals surface area contributed by atoms with E-state index in [1.165, 1.54) is 12.8 Å². The summed E-state index contributed by atoms with van der Waals surface area (Å²) in [5, 5.41) is 9.60. The van der Waals surface area contributed by atoms with Gasteiger partial charge in [-0.2, -0.15) is 0 Å². The van der Waals surface area contributed by atoms with E-state index < -0.39 is 5.60 Å². The van der Waals surface area contributed by atoms with Crippen LogP contribution in [-0.4, -0.2) is 10.7 Å². The third kappa shape index (κ3) is 6.59. The Balaban J connectivity index is 3.66. The molecule has 1 N–H and O–H groups in total. The molecule has 0 aliphatic rings. The normalized spacial score (nSPS) is 13.1. The van der Waals surface area contributed by atoms with Gasteiger partial charge in [-0.15, -0.1) is 6.58 Å². The maximum atomic E-state index is 9.60. The van der Waals surface area contributed by atoms with E-state index in [0.29, 0.717) is 0 Å². The Morgan fingerprint density at radius 1 is 1.31 bits per heavy atom. The van der Waals surface area contributed by atoms with Crippen LogP contribution in [0.2, 0.25) is 0 Å². The van der Waals surface area contributed by atoms with Gasteiger partial charge in [0.25, 0.3) is 0 Å². The van der Waals surface area contributed by atoms with E-state index in [1.807, 2.05) is 26.8 Å². The zero-order valence-corrected chi connectivity index (χ0v) is 9.14. The second kappa shape index (κ2) is 5.98. The molecule has 0 heterocycles. The van der Waals surface area contributed by atoms with Crippen LogP contribution < -0.4 is 0 Å². The van der Waals surface area contributed by atoms with Crippen LogP contribution in [0.3, 0.4) is 0 Å². The summed E-state index contributed by atoms with van der Waals surface area (Å²) in [5.74, 6) is 0. The number of unbranched alkanes of at least 4 members (excludes halogenated alkanes) is 3. The molecule has 76 valence electrons. The monoisotopic (exact) mass is 182 g/mol. The summed E-state index contributed by atoms with van der Waals surface area (Å²) < 4.78 is 0. The Bertz CT molecular complexity index is 172. The van der Waals surface area contributed by atoms with E-state index in [1.54, 1.807) is 0 Å². The Morgan fingerprint density at radius 3 is 2.31 bits per heavy atom. The summed E-state index contributed by atoms with van der Waals surface area (Å²) in [7, 11) is 0. The number of hydrogen-bond acceptors (Lipinski definition) is 1.